The summed E-state index contributed by atoms with van der Waals surface area (Å²) in [6.07, 6.45) is 2.14. The highest BCUT2D eigenvalue weighted by atomic mass is 32.1. The van der Waals surface area contributed by atoms with Crippen molar-refractivity contribution in [1.29, 1.82) is 0 Å². The van der Waals surface area contributed by atoms with Gasteiger partial charge in [0.15, 0.2) is 0 Å². The fourth-order valence-corrected chi connectivity index (χ4v) is 2.96. The van der Waals surface area contributed by atoms with Crippen LogP contribution in [0.5, 0.6) is 0 Å². The van der Waals surface area contributed by atoms with Crippen LogP contribution in [0.2, 0.25) is 0 Å². The molecule has 1 aromatic rings. The fourth-order valence-electron chi connectivity index (χ4n) is 1.92. The van der Waals surface area contributed by atoms with E-state index in [1.165, 1.54) is 4.88 Å². The lowest BCUT2D eigenvalue weighted by Gasteiger charge is -2.35. The van der Waals surface area contributed by atoms with Crippen molar-refractivity contribution in [2.45, 2.75) is 19.4 Å². The molecule has 1 fully saturated rings. The minimum Gasteiger partial charge on any atom is -0.381 e. The minimum atomic E-state index is 0.235. The van der Waals surface area contributed by atoms with Crippen LogP contribution in [0.3, 0.4) is 0 Å². The zero-order valence-electron chi connectivity index (χ0n) is 9.35. The molecule has 16 heavy (non-hydrogen) atoms. The maximum Gasteiger partial charge on any atom is 0.0809 e. The number of rotatable bonds is 5. The maximum absolute atomic E-state index is 5.82. The van der Waals surface area contributed by atoms with Crippen LogP contribution in [0.4, 0.5) is 0 Å². The lowest BCUT2D eigenvalue weighted by atomic mass is 9.83. The van der Waals surface area contributed by atoms with Crippen LogP contribution in [0.1, 0.15) is 17.7 Å². The molecule has 0 aliphatic carbocycles. The van der Waals surface area contributed by atoms with Gasteiger partial charge in [-0.1, -0.05) is 6.07 Å². The van der Waals surface area contributed by atoms with Crippen molar-refractivity contribution in [2.24, 2.45) is 5.41 Å². The molecule has 90 valence electrons. The second-order valence-corrected chi connectivity index (χ2v) is 5.69. The Bertz CT molecular complexity index is 292. The minimum absolute atomic E-state index is 0.235. The second kappa shape index (κ2) is 6.05. The summed E-state index contributed by atoms with van der Waals surface area (Å²) in [6, 6.07) is 4.17. The van der Waals surface area contributed by atoms with Gasteiger partial charge in [-0.3, -0.25) is 0 Å². The summed E-state index contributed by atoms with van der Waals surface area (Å²) in [5.41, 5.74) is 0.235. The molecule has 0 N–H and O–H groups in total. The van der Waals surface area contributed by atoms with Gasteiger partial charge in [0.05, 0.1) is 13.2 Å². The molecule has 0 saturated carbocycles. The van der Waals surface area contributed by atoms with Gasteiger partial charge in [-0.05, 0) is 30.0 Å². The van der Waals surface area contributed by atoms with E-state index in [9.17, 15) is 0 Å². The molecule has 0 amide bonds. The second-order valence-electron chi connectivity index (χ2n) is 4.34. The molecule has 2 nitrogen and oxygen atoms in total. The van der Waals surface area contributed by atoms with Crippen molar-refractivity contribution in [3.8, 4) is 0 Å². The lowest BCUT2D eigenvalue weighted by molar-refractivity contribution is -0.0310. The summed E-state index contributed by atoms with van der Waals surface area (Å²) < 4.78 is 11.2. The number of thiophene rings is 1. The summed E-state index contributed by atoms with van der Waals surface area (Å²) in [5.74, 6) is 0.890. The number of hydrogen-bond acceptors (Lipinski definition) is 4. The third-order valence-corrected chi connectivity index (χ3v) is 4.64. The first kappa shape index (κ1) is 12.4. The van der Waals surface area contributed by atoms with Crippen molar-refractivity contribution in [3.63, 3.8) is 0 Å². The van der Waals surface area contributed by atoms with Gasteiger partial charge in [-0.15, -0.1) is 11.3 Å². The molecule has 0 atom stereocenters. The highest BCUT2D eigenvalue weighted by molar-refractivity contribution is 7.80. The lowest BCUT2D eigenvalue weighted by Crippen LogP contribution is -2.35. The van der Waals surface area contributed by atoms with Crippen LogP contribution in [-0.2, 0) is 16.1 Å². The maximum atomic E-state index is 5.82. The summed E-state index contributed by atoms with van der Waals surface area (Å²) in [6.45, 7) is 3.23. The summed E-state index contributed by atoms with van der Waals surface area (Å²) in [7, 11) is 0. The van der Waals surface area contributed by atoms with Gasteiger partial charge in [0.25, 0.3) is 0 Å². The van der Waals surface area contributed by atoms with E-state index in [0.717, 1.165) is 45.0 Å². The van der Waals surface area contributed by atoms with Crippen LogP contribution in [0.25, 0.3) is 0 Å². The molecule has 0 bridgehead atoms. The predicted octanol–water partition coefficient (Wildman–Crippen LogP) is 2.99. The average Bonchev–Trinajstić information content (AvgIpc) is 2.83. The highest BCUT2D eigenvalue weighted by Gasteiger charge is 2.31. The SMILES string of the molecule is SCC1(COCc2cccs2)CCOCC1. The van der Waals surface area contributed by atoms with Gasteiger partial charge < -0.3 is 9.47 Å². The normalized spacial score (nSPS) is 19.8. The predicted molar refractivity (Wildman–Crippen MR) is 70.3 cm³/mol. The largest absolute Gasteiger partial charge is 0.381 e. The van der Waals surface area contributed by atoms with Crippen molar-refractivity contribution in [3.05, 3.63) is 22.4 Å². The molecule has 4 heteroatoms. The van der Waals surface area contributed by atoms with E-state index in [4.69, 9.17) is 9.47 Å². The van der Waals surface area contributed by atoms with E-state index in [0.29, 0.717) is 0 Å². The van der Waals surface area contributed by atoms with Crippen LogP contribution in [0.15, 0.2) is 17.5 Å². The molecule has 0 radical (unpaired) electrons. The van der Waals surface area contributed by atoms with E-state index < -0.39 is 0 Å². The van der Waals surface area contributed by atoms with E-state index >= 15 is 0 Å². The van der Waals surface area contributed by atoms with Crippen molar-refractivity contribution < 1.29 is 9.47 Å². The molecule has 1 aliphatic rings. The highest BCUT2D eigenvalue weighted by Crippen LogP contribution is 2.32. The Hall–Kier alpha value is -0.0300. The first-order valence-corrected chi connectivity index (χ1v) is 7.15. The molecule has 0 unspecified atom stereocenters. The van der Waals surface area contributed by atoms with E-state index in [1.807, 2.05) is 0 Å². The van der Waals surface area contributed by atoms with E-state index in [-0.39, 0.29) is 5.41 Å². The van der Waals surface area contributed by atoms with Gasteiger partial charge >= 0.3 is 0 Å². The molecule has 0 spiro atoms. The van der Waals surface area contributed by atoms with Crippen molar-refractivity contribution in [2.75, 3.05) is 25.6 Å². The summed E-state index contributed by atoms with van der Waals surface area (Å²) in [4.78, 5) is 1.29. The van der Waals surface area contributed by atoms with Gasteiger partial charge in [-0.25, -0.2) is 0 Å². The first-order valence-electron chi connectivity index (χ1n) is 5.63. The Morgan fingerprint density at radius 2 is 2.25 bits per heavy atom. The van der Waals surface area contributed by atoms with Crippen molar-refractivity contribution in [1.82, 2.24) is 0 Å². The Kier molecular flexibility index (Phi) is 4.70. The molecule has 2 rings (SSSR count). The molecule has 0 aromatic carbocycles. The topological polar surface area (TPSA) is 18.5 Å². The zero-order valence-corrected chi connectivity index (χ0v) is 11.1. The van der Waals surface area contributed by atoms with Crippen LogP contribution in [-0.4, -0.2) is 25.6 Å². The van der Waals surface area contributed by atoms with Crippen LogP contribution < -0.4 is 0 Å². The summed E-state index contributed by atoms with van der Waals surface area (Å²) >= 11 is 6.21. The third-order valence-electron chi connectivity index (χ3n) is 3.12. The molecular weight excluding hydrogens is 240 g/mol. The number of hydrogen-bond donors (Lipinski definition) is 1. The van der Waals surface area contributed by atoms with Gasteiger partial charge in [0.2, 0.25) is 0 Å². The van der Waals surface area contributed by atoms with Gasteiger partial charge in [0.1, 0.15) is 0 Å². The molecule has 1 saturated heterocycles. The van der Waals surface area contributed by atoms with Crippen molar-refractivity contribution >= 4 is 24.0 Å². The molecule has 2 heterocycles. The Labute approximate surface area is 106 Å². The molecular formula is C12H18O2S2. The fraction of sp³-hybridized carbons (Fsp3) is 0.667. The van der Waals surface area contributed by atoms with Crippen LogP contribution in [0, 0.1) is 5.41 Å². The van der Waals surface area contributed by atoms with Gasteiger partial charge in [0, 0.05) is 23.5 Å². The standard InChI is InChI=1S/C12H18O2S2/c15-10-12(3-5-13-6-4-12)9-14-8-11-2-1-7-16-11/h1-2,7,15H,3-6,8-10H2. The van der Waals surface area contributed by atoms with E-state index in [2.05, 4.69) is 30.1 Å². The Morgan fingerprint density at radius 1 is 1.44 bits per heavy atom. The van der Waals surface area contributed by atoms with Gasteiger partial charge in [-0.2, -0.15) is 12.6 Å². The number of ether oxygens (including phenoxy) is 2. The zero-order chi connectivity index (χ0) is 11.3. The smallest absolute Gasteiger partial charge is 0.0809 e. The summed E-state index contributed by atoms with van der Waals surface area (Å²) in [5, 5.41) is 2.08. The molecule has 1 aromatic heterocycles. The van der Waals surface area contributed by atoms with Crippen LogP contribution >= 0.6 is 24.0 Å². The first-order chi connectivity index (χ1) is 7.85. The quantitative estimate of drug-likeness (QED) is 0.819. The monoisotopic (exact) mass is 258 g/mol. The Balaban J connectivity index is 1.78. The average molecular weight is 258 g/mol. The number of thiol groups is 1. The Morgan fingerprint density at radius 3 is 2.88 bits per heavy atom. The third kappa shape index (κ3) is 3.23. The van der Waals surface area contributed by atoms with E-state index in [1.54, 1.807) is 11.3 Å². The molecule has 1 aliphatic heterocycles.